The van der Waals surface area contributed by atoms with Crippen molar-refractivity contribution in [1.82, 2.24) is 24.7 Å². The van der Waals surface area contributed by atoms with Crippen LogP contribution in [0.5, 0.6) is 0 Å². The third-order valence-corrected chi connectivity index (χ3v) is 4.79. The summed E-state index contributed by atoms with van der Waals surface area (Å²) in [6.07, 6.45) is 4.71. The number of anilines is 2. The minimum Gasteiger partial charge on any atom is -0.357 e. The van der Waals surface area contributed by atoms with Gasteiger partial charge >= 0.3 is 0 Å². The fourth-order valence-corrected chi connectivity index (χ4v) is 3.42. The van der Waals surface area contributed by atoms with Gasteiger partial charge in [-0.05, 0) is 12.5 Å². The fourth-order valence-electron chi connectivity index (χ4n) is 2.24. The zero-order valence-corrected chi connectivity index (χ0v) is 13.0. The Hall–Kier alpha value is -1.83. The molecule has 1 N–H and O–H groups in total. The van der Waals surface area contributed by atoms with Gasteiger partial charge in [0.25, 0.3) is 5.95 Å². The molecule has 0 bridgehead atoms. The Morgan fingerprint density at radius 1 is 1.33 bits per heavy atom. The molecule has 1 aliphatic heterocycles. The molecule has 0 spiro atoms. The highest BCUT2D eigenvalue weighted by Gasteiger charge is 2.22. The van der Waals surface area contributed by atoms with Gasteiger partial charge in [-0.1, -0.05) is 6.92 Å². The zero-order chi connectivity index (χ0) is 14.7. The lowest BCUT2D eigenvalue weighted by Gasteiger charge is -2.32. The molecule has 0 amide bonds. The zero-order valence-electron chi connectivity index (χ0n) is 12.2. The third kappa shape index (κ3) is 3.10. The van der Waals surface area contributed by atoms with Crippen LogP contribution in [-0.4, -0.2) is 55.9 Å². The highest BCUT2D eigenvalue weighted by atomic mass is 32.2. The van der Waals surface area contributed by atoms with E-state index in [0.717, 1.165) is 31.2 Å². The fraction of sp³-hybridized carbons (Fsp3) is 0.538. The minimum absolute atomic E-state index is 0.542. The molecule has 21 heavy (non-hydrogen) atoms. The molecule has 2 aromatic rings. The van der Waals surface area contributed by atoms with Crippen molar-refractivity contribution in [2.75, 3.05) is 36.1 Å². The molecule has 0 aromatic carbocycles. The van der Waals surface area contributed by atoms with Gasteiger partial charge in [0, 0.05) is 43.5 Å². The summed E-state index contributed by atoms with van der Waals surface area (Å²) in [6.45, 7) is 4.17. The number of aromatic nitrogens is 5. The first-order valence-corrected chi connectivity index (χ1v) is 8.15. The Bertz CT molecular complexity index is 586. The first-order chi connectivity index (χ1) is 10.3. The molecule has 7 nitrogen and oxygen atoms in total. The Morgan fingerprint density at radius 3 is 2.90 bits per heavy atom. The Kier molecular flexibility index (Phi) is 4.23. The number of rotatable bonds is 4. The Labute approximate surface area is 128 Å². The largest absolute Gasteiger partial charge is 0.357 e. The second kappa shape index (κ2) is 6.30. The number of thioether (sulfide) groups is 1. The maximum atomic E-state index is 4.57. The Balaban J connectivity index is 1.92. The highest BCUT2D eigenvalue weighted by Crippen LogP contribution is 2.24. The third-order valence-electron chi connectivity index (χ3n) is 3.42. The van der Waals surface area contributed by atoms with Crippen molar-refractivity contribution < 1.29 is 0 Å². The molecule has 3 heterocycles. The smallest absolute Gasteiger partial charge is 0.257 e. The van der Waals surface area contributed by atoms with E-state index in [1.54, 1.807) is 10.9 Å². The van der Waals surface area contributed by atoms with Crippen LogP contribution in [0.25, 0.3) is 5.95 Å². The molecular formula is C13H19N7S. The number of hydrogen-bond acceptors (Lipinski definition) is 7. The van der Waals surface area contributed by atoms with Crippen LogP contribution in [0.2, 0.25) is 0 Å². The van der Waals surface area contributed by atoms with Crippen molar-refractivity contribution in [3.8, 4) is 5.95 Å². The van der Waals surface area contributed by atoms with Crippen LogP contribution >= 0.6 is 11.8 Å². The molecular weight excluding hydrogens is 286 g/mol. The standard InChI is InChI=1S/C13H19N7S/c1-3-10-9-19(7-8-21-10)12-16-11(14-2)17-13(18-12)20-6-4-5-15-20/h4-6,10H,3,7-9H2,1-2H3,(H,14,16,17,18). The van der Waals surface area contributed by atoms with E-state index in [9.17, 15) is 0 Å². The summed E-state index contributed by atoms with van der Waals surface area (Å²) >= 11 is 2.03. The summed E-state index contributed by atoms with van der Waals surface area (Å²) in [6, 6.07) is 1.85. The van der Waals surface area contributed by atoms with Crippen LogP contribution in [0.15, 0.2) is 18.5 Å². The summed E-state index contributed by atoms with van der Waals surface area (Å²) in [5.41, 5.74) is 0. The first kappa shape index (κ1) is 14.1. The van der Waals surface area contributed by atoms with Crippen molar-refractivity contribution >= 4 is 23.7 Å². The molecule has 8 heteroatoms. The highest BCUT2D eigenvalue weighted by molar-refractivity contribution is 8.00. The molecule has 3 rings (SSSR count). The number of hydrogen-bond donors (Lipinski definition) is 1. The summed E-state index contributed by atoms with van der Waals surface area (Å²) in [7, 11) is 1.81. The lowest BCUT2D eigenvalue weighted by Crippen LogP contribution is -2.39. The van der Waals surface area contributed by atoms with E-state index in [-0.39, 0.29) is 0 Å². The minimum atomic E-state index is 0.542. The van der Waals surface area contributed by atoms with Crippen LogP contribution in [0, 0.1) is 0 Å². The van der Waals surface area contributed by atoms with Gasteiger partial charge in [-0.3, -0.25) is 0 Å². The van der Waals surface area contributed by atoms with E-state index in [4.69, 9.17) is 0 Å². The van der Waals surface area contributed by atoms with Crippen molar-refractivity contribution in [3.05, 3.63) is 18.5 Å². The van der Waals surface area contributed by atoms with E-state index in [1.807, 2.05) is 31.1 Å². The van der Waals surface area contributed by atoms with Crippen LogP contribution in [0.1, 0.15) is 13.3 Å². The summed E-state index contributed by atoms with van der Waals surface area (Å²) in [4.78, 5) is 15.7. The molecule has 1 atom stereocenters. The van der Waals surface area contributed by atoms with Gasteiger partial charge in [-0.25, -0.2) is 4.68 Å². The second-order valence-corrected chi connectivity index (χ2v) is 6.21. The van der Waals surface area contributed by atoms with E-state index >= 15 is 0 Å². The lowest BCUT2D eigenvalue weighted by atomic mass is 10.3. The summed E-state index contributed by atoms with van der Waals surface area (Å²) < 4.78 is 1.65. The SMILES string of the molecule is CCC1CN(c2nc(NC)nc(-n3cccn3)n2)CCS1. The Morgan fingerprint density at radius 2 is 2.19 bits per heavy atom. The number of nitrogens with zero attached hydrogens (tertiary/aromatic N) is 6. The van der Waals surface area contributed by atoms with Gasteiger partial charge < -0.3 is 10.2 Å². The predicted molar refractivity (Wildman–Crippen MR) is 85.2 cm³/mol. The van der Waals surface area contributed by atoms with Crippen molar-refractivity contribution in [2.24, 2.45) is 0 Å². The quantitative estimate of drug-likeness (QED) is 0.916. The van der Waals surface area contributed by atoms with E-state index in [1.165, 1.54) is 0 Å². The average Bonchev–Trinajstić information content (AvgIpc) is 3.09. The van der Waals surface area contributed by atoms with Gasteiger partial charge in [0.2, 0.25) is 11.9 Å². The van der Waals surface area contributed by atoms with E-state index in [0.29, 0.717) is 17.1 Å². The van der Waals surface area contributed by atoms with Crippen LogP contribution < -0.4 is 10.2 Å². The van der Waals surface area contributed by atoms with E-state index < -0.39 is 0 Å². The molecule has 0 saturated carbocycles. The molecule has 2 aromatic heterocycles. The van der Waals surface area contributed by atoms with Crippen LogP contribution in [0.4, 0.5) is 11.9 Å². The van der Waals surface area contributed by atoms with Crippen molar-refractivity contribution in [3.63, 3.8) is 0 Å². The van der Waals surface area contributed by atoms with Gasteiger partial charge in [0.15, 0.2) is 0 Å². The molecule has 112 valence electrons. The van der Waals surface area contributed by atoms with Gasteiger partial charge in [0.1, 0.15) is 0 Å². The van der Waals surface area contributed by atoms with Crippen molar-refractivity contribution in [2.45, 2.75) is 18.6 Å². The number of nitrogens with one attached hydrogen (secondary N) is 1. The molecule has 1 aliphatic rings. The predicted octanol–water partition coefficient (Wildman–Crippen LogP) is 1.43. The van der Waals surface area contributed by atoms with Crippen LogP contribution in [0.3, 0.4) is 0 Å². The maximum absolute atomic E-state index is 4.57. The van der Waals surface area contributed by atoms with Gasteiger partial charge in [0.05, 0.1) is 0 Å². The van der Waals surface area contributed by atoms with Gasteiger partial charge in [-0.15, -0.1) is 0 Å². The molecule has 1 fully saturated rings. The second-order valence-electron chi connectivity index (χ2n) is 4.81. The monoisotopic (exact) mass is 305 g/mol. The first-order valence-electron chi connectivity index (χ1n) is 7.10. The normalized spacial score (nSPS) is 18.8. The molecule has 1 unspecified atom stereocenters. The van der Waals surface area contributed by atoms with Crippen LogP contribution in [-0.2, 0) is 0 Å². The summed E-state index contributed by atoms with van der Waals surface area (Å²) in [5.74, 6) is 2.94. The van der Waals surface area contributed by atoms with Crippen molar-refractivity contribution in [1.29, 1.82) is 0 Å². The van der Waals surface area contributed by atoms with E-state index in [2.05, 4.69) is 37.2 Å². The average molecular weight is 305 g/mol. The molecule has 1 saturated heterocycles. The maximum Gasteiger partial charge on any atom is 0.257 e. The molecule has 0 aliphatic carbocycles. The lowest BCUT2D eigenvalue weighted by molar-refractivity contribution is 0.699. The molecule has 0 radical (unpaired) electrons. The van der Waals surface area contributed by atoms with Gasteiger partial charge in [-0.2, -0.15) is 31.8 Å². The summed E-state index contributed by atoms with van der Waals surface area (Å²) in [5, 5.41) is 7.83. The topological polar surface area (TPSA) is 71.8 Å².